The lowest BCUT2D eigenvalue weighted by Gasteiger charge is -2.09. The van der Waals surface area contributed by atoms with E-state index < -0.39 is 0 Å². The van der Waals surface area contributed by atoms with Crippen molar-refractivity contribution in [1.82, 2.24) is 5.16 Å². The number of hydrogen-bond donors (Lipinski definition) is 1. The maximum absolute atomic E-state index is 11.5. The Morgan fingerprint density at radius 2 is 2.62 bits per heavy atom. The summed E-state index contributed by atoms with van der Waals surface area (Å²) in [5, 5.41) is 6.10. The average molecular weight is 200 g/mol. The second-order valence-corrected chi connectivity index (χ2v) is 3.54. The smallest absolute Gasteiger partial charge is 0.239 e. The van der Waals surface area contributed by atoms with Crippen LogP contribution in [0.15, 0.2) is 16.8 Å². The first-order valence-corrected chi connectivity index (χ1v) is 5.31. The minimum absolute atomic E-state index is 0.0231. The summed E-state index contributed by atoms with van der Waals surface area (Å²) in [4.78, 5) is 11.5. The van der Waals surface area contributed by atoms with Gasteiger partial charge >= 0.3 is 0 Å². The van der Waals surface area contributed by atoms with Crippen LogP contribution in [-0.4, -0.2) is 22.6 Å². The first-order valence-electron chi connectivity index (χ1n) is 4.02. The number of anilines is 1. The Morgan fingerprint density at radius 3 is 3.08 bits per heavy atom. The molecule has 1 heterocycles. The molecule has 1 N–H and O–H groups in total. The van der Waals surface area contributed by atoms with Gasteiger partial charge in [0.05, 0.1) is 11.4 Å². The fourth-order valence-corrected chi connectivity index (χ4v) is 1.55. The molecular weight excluding hydrogens is 188 g/mol. The normalized spacial score (nSPS) is 12.5. The molecule has 1 atom stereocenters. The molecule has 0 radical (unpaired) electrons. The highest BCUT2D eigenvalue weighted by Crippen LogP contribution is 2.13. The summed E-state index contributed by atoms with van der Waals surface area (Å²) < 4.78 is 4.75. The van der Waals surface area contributed by atoms with Crippen LogP contribution in [0, 0.1) is 0 Å². The highest BCUT2D eigenvalue weighted by atomic mass is 32.2. The predicted octanol–water partition coefficient (Wildman–Crippen LogP) is 1.75. The quantitative estimate of drug-likeness (QED) is 0.804. The van der Waals surface area contributed by atoms with Gasteiger partial charge in [-0.2, -0.15) is 11.8 Å². The van der Waals surface area contributed by atoms with Crippen molar-refractivity contribution >= 4 is 23.6 Å². The number of nitrogens with one attached hydrogen (secondary N) is 1. The maximum atomic E-state index is 11.5. The molecule has 1 aromatic rings. The Labute approximate surface area is 81.1 Å². The van der Waals surface area contributed by atoms with Crippen molar-refractivity contribution in [1.29, 1.82) is 0 Å². The Balaban J connectivity index is 2.49. The summed E-state index contributed by atoms with van der Waals surface area (Å²) in [6, 6.07) is 1.62. The minimum Gasteiger partial charge on any atom is -0.338 e. The van der Waals surface area contributed by atoms with Crippen LogP contribution < -0.4 is 5.32 Å². The Kier molecular flexibility index (Phi) is 3.82. The van der Waals surface area contributed by atoms with Gasteiger partial charge in [0.1, 0.15) is 0 Å². The summed E-state index contributed by atoms with van der Waals surface area (Å²) >= 11 is 1.53. The van der Waals surface area contributed by atoms with Crippen LogP contribution in [0.3, 0.4) is 0 Å². The van der Waals surface area contributed by atoms with Crippen LogP contribution in [0.2, 0.25) is 0 Å². The van der Waals surface area contributed by atoms with Crippen molar-refractivity contribution in [2.75, 3.05) is 11.6 Å². The van der Waals surface area contributed by atoms with E-state index in [2.05, 4.69) is 10.5 Å². The molecular formula is C8H12N2O2S. The molecule has 0 bridgehead atoms. The first-order chi connectivity index (χ1) is 6.27. The lowest BCUT2D eigenvalue weighted by atomic mass is 10.3. The van der Waals surface area contributed by atoms with Crippen LogP contribution in [0.5, 0.6) is 0 Å². The second-order valence-electron chi connectivity index (χ2n) is 2.50. The summed E-state index contributed by atoms with van der Waals surface area (Å²) in [7, 11) is 0. The zero-order valence-corrected chi connectivity index (χ0v) is 8.43. The Hall–Kier alpha value is -0.970. The number of rotatable bonds is 4. The molecule has 1 amide bonds. The van der Waals surface area contributed by atoms with Crippen molar-refractivity contribution in [3.8, 4) is 0 Å². The largest absolute Gasteiger partial charge is 0.338 e. The summed E-state index contributed by atoms with van der Waals surface area (Å²) in [6.07, 6.45) is 4.21. The van der Waals surface area contributed by atoms with E-state index in [1.807, 2.05) is 13.2 Å². The first kappa shape index (κ1) is 10.1. The van der Waals surface area contributed by atoms with E-state index in [-0.39, 0.29) is 11.2 Å². The molecule has 0 saturated heterocycles. The number of aromatic nitrogens is 1. The van der Waals surface area contributed by atoms with Crippen molar-refractivity contribution in [3.63, 3.8) is 0 Å². The third kappa shape index (κ3) is 2.77. The van der Waals surface area contributed by atoms with Crippen molar-refractivity contribution in [2.24, 2.45) is 0 Å². The van der Waals surface area contributed by atoms with Gasteiger partial charge in [-0.05, 0) is 12.7 Å². The summed E-state index contributed by atoms with van der Waals surface area (Å²) in [5.74, 6) is 0.365. The maximum Gasteiger partial charge on any atom is 0.239 e. The fourth-order valence-electron chi connectivity index (χ4n) is 0.941. The fraction of sp³-hybridized carbons (Fsp3) is 0.500. The monoisotopic (exact) mass is 200 g/mol. The van der Waals surface area contributed by atoms with Gasteiger partial charge < -0.3 is 4.52 Å². The lowest BCUT2D eigenvalue weighted by molar-refractivity contribution is -0.115. The molecule has 0 fully saturated rings. The third-order valence-electron chi connectivity index (χ3n) is 1.63. The van der Waals surface area contributed by atoms with Gasteiger partial charge in [-0.25, -0.2) is 0 Å². The molecule has 0 aromatic carbocycles. The number of carbonyl (C=O) groups excluding carboxylic acids is 1. The highest BCUT2D eigenvalue weighted by Gasteiger charge is 2.15. The van der Waals surface area contributed by atoms with Crippen LogP contribution >= 0.6 is 11.8 Å². The van der Waals surface area contributed by atoms with Gasteiger partial charge in [0.25, 0.3) is 0 Å². The molecule has 1 rings (SSSR count). The molecule has 0 aliphatic rings. The summed E-state index contributed by atoms with van der Waals surface area (Å²) in [5.41, 5.74) is 0. The van der Waals surface area contributed by atoms with E-state index in [1.165, 1.54) is 18.0 Å². The molecule has 0 spiro atoms. The molecule has 1 unspecified atom stereocenters. The predicted molar refractivity (Wildman–Crippen MR) is 52.7 cm³/mol. The highest BCUT2D eigenvalue weighted by molar-refractivity contribution is 7.99. The number of thioether (sulfide) groups is 1. The van der Waals surface area contributed by atoms with Gasteiger partial charge in [-0.3, -0.25) is 10.1 Å². The molecule has 5 heteroatoms. The Bertz CT molecular complexity index is 257. The standard InChI is InChI=1S/C8H12N2O2S/c1-3-6(13-2)8(11)10-7-4-5-9-12-7/h4-6H,3H2,1-2H3,(H,10,11). The number of amides is 1. The number of hydrogen-bond acceptors (Lipinski definition) is 4. The van der Waals surface area contributed by atoms with Crippen LogP contribution in [0.25, 0.3) is 0 Å². The van der Waals surface area contributed by atoms with Crippen molar-refractivity contribution in [3.05, 3.63) is 12.3 Å². The number of nitrogens with zero attached hydrogens (tertiary/aromatic N) is 1. The van der Waals surface area contributed by atoms with Crippen LogP contribution in [-0.2, 0) is 4.79 Å². The van der Waals surface area contributed by atoms with Gasteiger partial charge in [0.2, 0.25) is 11.8 Å². The molecule has 0 aliphatic heterocycles. The van der Waals surface area contributed by atoms with E-state index in [9.17, 15) is 4.79 Å². The number of carbonyl (C=O) groups is 1. The van der Waals surface area contributed by atoms with Crippen LogP contribution in [0.1, 0.15) is 13.3 Å². The zero-order valence-electron chi connectivity index (χ0n) is 7.61. The molecule has 0 saturated carbocycles. The molecule has 0 aliphatic carbocycles. The summed E-state index contributed by atoms with van der Waals surface area (Å²) in [6.45, 7) is 1.97. The van der Waals surface area contributed by atoms with Gasteiger partial charge in [-0.15, -0.1) is 0 Å². The van der Waals surface area contributed by atoms with Crippen molar-refractivity contribution in [2.45, 2.75) is 18.6 Å². The lowest BCUT2D eigenvalue weighted by Crippen LogP contribution is -2.23. The molecule has 13 heavy (non-hydrogen) atoms. The molecule has 72 valence electrons. The zero-order chi connectivity index (χ0) is 9.68. The van der Waals surface area contributed by atoms with Gasteiger partial charge in [0, 0.05) is 6.07 Å². The topological polar surface area (TPSA) is 55.1 Å². The van der Waals surface area contributed by atoms with E-state index in [0.29, 0.717) is 5.88 Å². The van der Waals surface area contributed by atoms with E-state index >= 15 is 0 Å². The van der Waals surface area contributed by atoms with Gasteiger partial charge in [0.15, 0.2) is 0 Å². The van der Waals surface area contributed by atoms with E-state index in [1.54, 1.807) is 6.07 Å². The second kappa shape index (κ2) is 4.91. The average Bonchev–Trinajstić information content (AvgIpc) is 2.59. The SMILES string of the molecule is CCC(SC)C(=O)Nc1ccno1. The van der Waals surface area contributed by atoms with Crippen molar-refractivity contribution < 1.29 is 9.32 Å². The molecule has 1 aromatic heterocycles. The van der Waals surface area contributed by atoms with Crippen LogP contribution in [0.4, 0.5) is 5.88 Å². The van der Waals surface area contributed by atoms with E-state index in [4.69, 9.17) is 4.52 Å². The third-order valence-corrected chi connectivity index (χ3v) is 2.75. The minimum atomic E-state index is -0.0354. The Morgan fingerprint density at radius 1 is 1.85 bits per heavy atom. The molecule has 4 nitrogen and oxygen atoms in total. The van der Waals surface area contributed by atoms with Gasteiger partial charge in [-0.1, -0.05) is 12.1 Å². The van der Waals surface area contributed by atoms with E-state index in [0.717, 1.165) is 6.42 Å².